The van der Waals surface area contributed by atoms with Crippen LogP contribution in [0.15, 0.2) is 174 Å². The summed E-state index contributed by atoms with van der Waals surface area (Å²) >= 11 is 0. The van der Waals surface area contributed by atoms with Crippen molar-refractivity contribution in [1.82, 2.24) is 19.1 Å². The highest BCUT2D eigenvalue weighted by atomic mass is 16.3. The summed E-state index contributed by atoms with van der Waals surface area (Å²) < 4.78 is 11.6. The summed E-state index contributed by atoms with van der Waals surface area (Å²) in [5.74, 6) is 0.588. The van der Waals surface area contributed by atoms with Gasteiger partial charge >= 0.3 is 0 Å². The Morgan fingerprint density at radius 3 is 1.57 bits per heavy atom. The van der Waals surface area contributed by atoms with Crippen molar-refractivity contribution in [3.8, 4) is 34.2 Å². The highest BCUT2D eigenvalue weighted by Crippen LogP contribution is 2.49. The van der Waals surface area contributed by atoms with Crippen molar-refractivity contribution in [1.29, 1.82) is 0 Å². The lowest BCUT2D eigenvalue weighted by Gasteiger charge is -2.12. The van der Waals surface area contributed by atoms with Gasteiger partial charge in [0.25, 0.3) is 0 Å². The molecule has 51 heavy (non-hydrogen) atoms. The third kappa shape index (κ3) is 4.03. The Hall–Kier alpha value is -6.98. The lowest BCUT2D eigenvalue weighted by atomic mass is 10.0. The molecule has 0 radical (unpaired) electrons. The molecule has 0 spiro atoms. The highest BCUT2D eigenvalue weighted by Gasteiger charge is 2.28. The number of furan rings is 1. The van der Waals surface area contributed by atoms with Crippen LogP contribution in [0.1, 0.15) is 0 Å². The molecule has 11 rings (SSSR count). The largest absolute Gasteiger partial charge is 0.454 e. The summed E-state index contributed by atoms with van der Waals surface area (Å²) in [5, 5.41) is 6.73. The molecule has 0 bridgehead atoms. The van der Waals surface area contributed by atoms with Crippen LogP contribution in [0, 0.1) is 0 Å². The predicted molar refractivity (Wildman–Crippen MR) is 209 cm³/mol. The van der Waals surface area contributed by atoms with E-state index in [0.717, 1.165) is 83.0 Å². The second-order valence-corrected chi connectivity index (χ2v) is 13.0. The molecule has 4 heterocycles. The SMILES string of the molecule is c1ccc(-c2cc(-c3ccccc3)nc(-n3c4ccccc4c4c3c3oc5ccccc5c3c3c5ccccc5n(-c5ccccc5)c34)n2)cc1. The first-order chi connectivity index (χ1) is 25.3. The summed E-state index contributed by atoms with van der Waals surface area (Å²) in [6.45, 7) is 0. The zero-order chi connectivity index (χ0) is 33.5. The van der Waals surface area contributed by atoms with Gasteiger partial charge in [-0.1, -0.05) is 133 Å². The van der Waals surface area contributed by atoms with Crippen LogP contribution in [0.25, 0.3) is 99.7 Å². The van der Waals surface area contributed by atoms with Crippen LogP contribution in [-0.2, 0) is 0 Å². The third-order valence-corrected chi connectivity index (χ3v) is 10.1. The maximum absolute atomic E-state index is 6.97. The molecular formula is C46H28N4O. The smallest absolute Gasteiger partial charge is 0.235 e. The Bertz CT molecular complexity index is 3060. The van der Waals surface area contributed by atoms with E-state index in [2.05, 4.69) is 161 Å². The molecule has 7 aromatic carbocycles. The van der Waals surface area contributed by atoms with Crippen LogP contribution < -0.4 is 0 Å². The quantitative estimate of drug-likeness (QED) is 0.190. The maximum Gasteiger partial charge on any atom is 0.235 e. The Morgan fingerprint density at radius 1 is 0.412 bits per heavy atom. The van der Waals surface area contributed by atoms with Crippen molar-refractivity contribution in [3.63, 3.8) is 0 Å². The number of aromatic nitrogens is 4. The Balaban J connectivity index is 1.40. The van der Waals surface area contributed by atoms with Gasteiger partial charge in [0.2, 0.25) is 5.95 Å². The molecule has 0 atom stereocenters. The van der Waals surface area contributed by atoms with Crippen LogP contribution in [0.4, 0.5) is 0 Å². The van der Waals surface area contributed by atoms with Gasteiger partial charge in [0, 0.05) is 49.1 Å². The van der Waals surface area contributed by atoms with Gasteiger partial charge in [-0.25, -0.2) is 9.97 Å². The first-order valence-electron chi connectivity index (χ1n) is 17.2. The van der Waals surface area contributed by atoms with E-state index in [4.69, 9.17) is 14.4 Å². The summed E-state index contributed by atoms with van der Waals surface area (Å²) in [5.41, 5.74) is 10.8. The molecular weight excluding hydrogens is 625 g/mol. The highest BCUT2D eigenvalue weighted by molar-refractivity contribution is 6.39. The van der Waals surface area contributed by atoms with Gasteiger partial charge < -0.3 is 8.98 Å². The average Bonchev–Trinajstić information content (AvgIpc) is 3.87. The zero-order valence-corrected chi connectivity index (χ0v) is 27.4. The number of benzene rings is 7. The second-order valence-electron chi connectivity index (χ2n) is 13.0. The molecule has 5 heteroatoms. The summed E-state index contributed by atoms with van der Waals surface area (Å²) in [6, 6.07) is 59.1. The molecule has 5 nitrogen and oxygen atoms in total. The number of para-hydroxylation sites is 4. The fraction of sp³-hybridized carbons (Fsp3) is 0. The van der Waals surface area contributed by atoms with E-state index in [1.165, 1.54) is 10.8 Å². The fourth-order valence-electron chi connectivity index (χ4n) is 7.99. The number of rotatable bonds is 4. The molecule has 4 aromatic heterocycles. The standard InChI is InChI=1S/C46H28N4O/c1-4-16-29(17-5-1)35-28-36(30-18-6-2-7-19-30)48-46(47-35)50-38-26-14-11-23-33(38)42-43-40(41-34-24-12-15-27-39(34)51-45(41)44(42)50)32-22-10-13-25-37(32)49(43)31-20-8-3-9-21-31/h1-28H. The third-order valence-electron chi connectivity index (χ3n) is 10.1. The van der Waals surface area contributed by atoms with Crippen molar-refractivity contribution >= 4 is 65.6 Å². The molecule has 0 aliphatic rings. The monoisotopic (exact) mass is 652 g/mol. The lowest BCUT2D eigenvalue weighted by molar-refractivity contribution is 0.671. The van der Waals surface area contributed by atoms with E-state index in [-0.39, 0.29) is 0 Å². The predicted octanol–water partition coefficient (Wildman–Crippen LogP) is 11.9. The summed E-state index contributed by atoms with van der Waals surface area (Å²) in [7, 11) is 0. The molecule has 0 aliphatic carbocycles. The van der Waals surface area contributed by atoms with Gasteiger partial charge in [-0.3, -0.25) is 4.57 Å². The maximum atomic E-state index is 6.97. The van der Waals surface area contributed by atoms with Crippen LogP contribution in [0.2, 0.25) is 0 Å². The van der Waals surface area contributed by atoms with E-state index in [1.807, 2.05) is 18.2 Å². The van der Waals surface area contributed by atoms with Crippen molar-refractivity contribution in [2.75, 3.05) is 0 Å². The second kappa shape index (κ2) is 10.8. The van der Waals surface area contributed by atoms with Gasteiger partial charge in [-0.15, -0.1) is 0 Å². The van der Waals surface area contributed by atoms with E-state index in [9.17, 15) is 0 Å². The van der Waals surface area contributed by atoms with Crippen LogP contribution in [-0.4, -0.2) is 19.1 Å². The van der Waals surface area contributed by atoms with Crippen molar-refractivity contribution in [2.45, 2.75) is 0 Å². The fourth-order valence-corrected chi connectivity index (χ4v) is 7.99. The van der Waals surface area contributed by atoms with Gasteiger partial charge in [-0.05, 0) is 36.4 Å². The van der Waals surface area contributed by atoms with Gasteiger partial charge in [-0.2, -0.15) is 0 Å². The van der Waals surface area contributed by atoms with Crippen molar-refractivity contribution in [2.24, 2.45) is 0 Å². The molecule has 0 N–H and O–H groups in total. The zero-order valence-electron chi connectivity index (χ0n) is 27.4. The van der Waals surface area contributed by atoms with Gasteiger partial charge in [0.1, 0.15) is 11.1 Å². The van der Waals surface area contributed by atoms with E-state index < -0.39 is 0 Å². The Kier molecular flexibility index (Phi) is 5.89. The van der Waals surface area contributed by atoms with Crippen LogP contribution in [0.3, 0.4) is 0 Å². The van der Waals surface area contributed by atoms with Crippen LogP contribution >= 0.6 is 0 Å². The molecule has 0 fully saturated rings. The summed E-state index contributed by atoms with van der Waals surface area (Å²) in [4.78, 5) is 10.7. The first-order valence-corrected chi connectivity index (χ1v) is 17.2. The summed E-state index contributed by atoms with van der Waals surface area (Å²) in [6.07, 6.45) is 0. The van der Waals surface area contributed by atoms with Gasteiger partial charge in [0.15, 0.2) is 5.58 Å². The Labute approximate surface area is 292 Å². The molecule has 0 unspecified atom stereocenters. The van der Waals surface area contributed by atoms with E-state index in [0.29, 0.717) is 5.95 Å². The van der Waals surface area contributed by atoms with Crippen LogP contribution in [0.5, 0.6) is 0 Å². The normalized spacial score (nSPS) is 11.9. The minimum Gasteiger partial charge on any atom is -0.454 e. The molecule has 11 aromatic rings. The van der Waals surface area contributed by atoms with E-state index in [1.54, 1.807) is 0 Å². The minimum atomic E-state index is 0.588. The molecule has 0 aliphatic heterocycles. The van der Waals surface area contributed by atoms with Gasteiger partial charge in [0.05, 0.1) is 27.9 Å². The minimum absolute atomic E-state index is 0.588. The molecule has 0 saturated heterocycles. The topological polar surface area (TPSA) is 48.8 Å². The lowest BCUT2D eigenvalue weighted by Crippen LogP contribution is -2.04. The van der Waals surface area contributed by atoms with E-state index >= 15 is 0 Å². The van der Waals surface area contributed by atoms with Crippen molar-refractivity contribution in [3.05, 3.63) is 170 Å². The molecule has 238 valence electrons. The number of fused-ring (bicyclic) bond motifs is 12. The average molecular weight is 653 g/mol. The Morgan fingerprint density at radius 2 is 0.922 bits per heavy atom. The number of nitrogens with zero attached hydrogens (tertiary/aromatic N) is 4. The first kappa shape index (κ1) is 27.9. The number of hydrogen-bond acceptors (Lipinski definition) is 3. The van der Waals surface area contributed by atoms with Crippen molar-refractivity contribution < 1.29 is 4.42 Å². The number of hydrogen-bond donors (Lipinski definition) is 0. The molecule has 0 amide bonds. The molecule has 0 saturated carbocycles.